The van der Waals surface area contributed by atoms with Crippen molar-refractivity contribution in [2.24, 2.45) is 0 Å². The van der Waals surface area contributed by atoms with Gasteiger partial charge in [0.05, 0.1) is 18.5 Å². The quantitative estimate of drug-likeness (QED) is 0.486. The van der Waals surface area contributed by atoms with Crippen molar-refractivity contribution in [3.63, 3.8) is 0 Å². The Hall–Kier alpha value is -4.01. The van der Waals surface area contributed by atoms with E-state index in [0.717, 1.165) is 17.0 Å². The van der Waals surface area contributed by atoms with Crippen molar-refractivity contribution in [2.45, 2.75) is 19.8 Å². The van der Waals surface area contributed by atoms with Crippen LogP contribution in [-0.2, 0) is 11.2 Å². The second-order valence-electron chi connectivity index (χ2n) is 6.85. The van der Waals surface area contributed by atoms with Gasteiger partial charge in [0.15, 0.2) is 0 Å². The van der Waals surface area contributed by atoms with Gasteiger partial charge in [-0.25, -0.2) is 9.07 Å². The Morgan fingerprint density at radius 3 is 2.61 bits per heavy atom. The molecule has 4 aromatic rings. The molecular formula is C22H20FN5O3. The van der Waals surface area contributed by atoms with Gasteiger partial charge in [-0.1, -0.05) is 5.16 Å². The predicted octanol–water partition coefficient (Wildman–Crippen LogP) is 3.95. The molecule has 2 aromatic carbocycles. The lowest BCUT2D eigenvalue weighted by molar-refractivity contribution is -0.116. The summed E-state index contributed by atoms with van der Waals surface area (Å²) in [6.45, 7) is 1.81. The molecule has 1 amide bonds. The minimum Gasteiger partial charge on any atom is -0.497 e. The number of carbonyl (C=O) groups excluding carboxylic acids is 1. The van der Waals surface area contributed by atoms with E-state index in [9.17, 15) is 9.18 Å². The number of halogens is 1. The number of rotatable bonds is 7. The van der Waals surface area contributed by atoms with Crippen LogP contribution in [0.25, 0.3) is 17.1 Å². The van der Waals surface area contributed by atoms with Gasteiger partial charge in [-0.05, 0) is 55.5 Å². The largest absolute Gasteiger partial charge is 0.497 e. The first-order valence-corrected chi connectivity index (χ1v) is 9.61. The van der Waals surface area contributed by atoms with E-state index in [1.807, 2.05) is 31.2 Å². The van der Waals surface area contributed by atoms with Crippen molar-refractivity contribution in [3.8, 4) is 22.8 Å². The monoisotopic (exact) mass is 421 g/mol. The molecule has 0 aliphatic carbocycles. The molecule has 0 fully saturated rings. The number of anilines is 1. The highest BCUT2D eigenvalue weighted by Crippen LogP contribution is 2.21. The van der Waals surface area contributed by atoms with Gasteiger partial charge in [0, 0.05) is 24.5 Å². The zero-order valence-electron chi connectivity index (χ0n) is 17.0. The average Bonchev–Trinajstić information content (AvgIpc) is 3.39. The van der Waals surface area contributed by atoms with Crippen molar-refractivity contribution in [1.29, 1.82) is 0 Å². The van der Waals surface area contributed by atoms with E-state index >= 15 is 0 Å². The number of hydrogen-bond donors (Lipinski definition) is 1. The van der Waals surface area contributed by atoms with Crippen LogP contribution in [0.2, 0.25) is 0 Å². The summed E-state index contributed by atoms with van der Waals surface area (Å²) in [5, 5.41) is 11.2. The second-order valence-corrected chi connectivity index (χ2v) is 6.85. The Kier molecular flexibility index (Phi) is 5.74. The minimum atomic E-state index is -0.341. The summed E-state index contributed by atoms with van der Waals surface area (Å²) in [6.07, 6.45) is 0.441. The van der Waals surface area contributed by atoms with E-state index in [2.05, 4.69) is 20.6 Å². The van der Waals surface area contributed by atoms with Crippen molar-refractivity contribution in [1.82, 2.24) is 19.9 Å². The number of benzene rings is 2. The highest BCUT2D eigenvalue weighted by atomic mass is 19.1. The third-order valence-electron chi connectivity index (χ3n) is 4.55. The number of nitrogens with one attached hydrogen (secondary N) is 1. The third kappa shape index (κ3) is 4.77. The fraction of sp³-hybridized carbons (Fsp3) is 0.182. The molecule has 0 bridgehead atoms. The first kappa shape index (κ1) is 20.3. The van der Waals surface area contributed by atoms with E-state index < -0.39 is 0 Å². The molecule has 4 rings (SSSR count). The van der Waals surface area contributed by atoms with E-state index in [0.29, 0.717) is 29.6 Å². The van der Waals surface area contributed by atoms with Gasteiger partial charge < -0.3 is 14.6 Å². The van der Waals surface area contributed by atoms with Gasteiger partial charge >= 0.3 is 0 Å². The lowest BCUT2D eigenvalue weighted by atomic mass is 10.2. The van der Waals surface area contributed by atoms with E-state index in [4.69, 9.17) is 9.26 Å². The molecule has 1 N–H and O–H groups in total. The summed E-state index contributed by atoms with van der Waals surface area (Å²) >= 11 is 0. The molecule has 0 saturated carbocycles. The van der Waals surface area contributed by atoms with E-state index in [1.54, 1.807) is 30.0 Å². The van der Waals surface area contributed by atoms with Gasteiger partial charge in [0.25, 0.3) is 0 Å². The molecule has 0 radical (unpaired) electrons. The van der Waals surface area contributed by atoms with Crippen LogP contribution < -0.4 is 10.1 Å². The maximum Gasteiger partial charge on any atom is 0.227 e. The maximum absolute atomic E-state index is 13.2. The molecule has 158 valence electrons. The molecule has 0 spiro atoms. The number of methoxy groups -OCH3 is 1. The normalized spacial score (nSPS) is 10.8. The smallest absolute Gasteiger partial charge is 0.227 e. The molecule has 0 atom stereocenters. The van der Waals surface area contributed by atoms with E-state index in [1.165, 1.54) is 12.1 Å². The van der Waals surface area contributed by atoms with Crippen molar-refractivity contribution in [2.75, 3.05) is 12.4 Å². The third-order valence-corrected chi connectivity index (χ3v) is 4.55. The van der Waals surface area contributed by atoms with Crippen LogP contribution in [0.4, 0.5) is 10.2 Å². The molecule has 0 saturated heterocycles. The van der Waals surface area contributed by atoms with Crippen molar-refractivity contribution >= 4 is 11.7 Å². The second kappa shape index (κ2) is 8.78. The van der Waals surface area contributed by atoms with Crippen molar-refractivity contribution < 1.29 is 18.4 Å². The van der Waals surface area contributed by atoms with E-state index in [-0.39, 0.29) is 18.1 Å². The van der Waals surface area contributed by atoms with Gasteiger partial charge in [-0.2, -0.15) is 10.1 Å². The number of ether oxygens (including phenoxy) is 1. The predicted molar refractivity (Wildman–Crippen MR) is 111 cm³/mol. The number of carbonyl (C=O) groups is 1. The molecule has 8 nitrogen and oxygen atoms in total. The molecule has 0 aliphatic rings. The summed E-state index contributed by atoms with van der Waals surface area (Å²) in [5.41, 5.74) is 2.16. The molecule has 9 heteroatoms. The van der Waals surface area contributed by atoms with Crippen LogP contribution in [0.1, 0.15) is 18.0 Å². The van der Waals surface area contributed by atoms with Gasteiger partial charge in [-0.3, -0.25) is 4.79 Å². The number of aromatic nitrogens is 4. The lowest BCUT2D eigenvalue weighted by Crippen LogP contribution is -2.15. The van der Waals surface area contributed by atoms with Crippen LogP contribution in [0.15, 0.2) is 59.1 Å². The van der Waals surface area contributed by atoms with Crippen molar-refractivity contribution in [3.05, 3.63) is 72.0 Å². The summed E-state index contributed by atoms with van der Waals surface area (Å²) in [4.78, 5) is 16.8. The molecular weight excluding hydrogens is 401 g/mol. The summed E-state index contributed by atoms with van der Waals surface area (Å²) in [6, 6.07) is 14.9. The molecule has 2 aromatic heterocycles. The lowest BCUT2D eigenvalue weighted by Gasteiger charge is -2.08. The Labute approximate surface area is 177 Å². The van der Waals surface area contributed by atoms with Crippen LogP contribution in [0.5, 0.6) is 5.75 Å². The average molecular weight is 421 g/mol. The van der Waals surface area contributed by atoms with Crippen LogP contribution >= 0.6 is 0 Å². The Morgan fingerprint density at radius 1 is 1.16 bits per heavy atom. The SMILES string of the molecule is COc1ccc(-c2noc(CCC(=O)Nc3cc(C)nn3-c3ccc(F)cc3)n2)cc1. The van der Waals surface area contributed by atoms with Gasteiger partial charge in [-0.15, -0.1) is 0 Å². The fourth-order valence-electron chi connectivity index (χ4n) is 3.01. The number of aryl methyl sites for hydroxylation is 2. The van der Waals surface area contributed by atoms with Crippen LogP contribution in [0, 0.1) is 12.7 Å². The standard InChI is InChI=1S/C22H20FN5O3/c1-14-13-19(28(26-14)17-7-5-16(23)6-8-17)24-20(29)11-12-21-25-22(27-31-21)15-3-9-18(30-2)10-4-15/h3-10,13H,11-12H2,1-2H3,(H,24,29). The maximum atomic E-state index is 13.2. The topological polar surface area (TPSA) is 95.1 Å². The zero-order valence-corrected chi connectivity index (χ0v) is 17.0. The highest BCUT2D eigenvalue weighted by molar-refractivity contribution is 5.90. The zero-order chi connectivity index (χ0) is 21.8. The summed E-state index contributed by atoms with van der Waals surface area (Å²) in [7, 11) is 1.60. The first-order chi connectivity index (χ1) is 15.0. The molecule has 0 aliphatic heterocycles. The first-order valence-electron chi connectivity index (χ1n) is 9.61. The minimum absolute atomic E-state index is 0.151. The van der Waals surface area contributed by atoms with Gasteiger partial charge in [0.1, 0.15) is 17.4 Å². The summed E-state index contributed by atoms with van der Waals surface area (Å²) < 4.78 is 25.2. The number of hydrogen-bond acceptors (Lipinski definition) is 6. The Bertz CT molecular complexity index is 1180. The highest BCUT2D eigenvalue weighted by Gasteiger charge is 2.14. The fourth-order valence-corrected chi connectivity index (χ4v) is 3.01. The summed E-state index contributed by atoms with van der Waals surface area (Å²) in [5.74, 6) is 1.48. The van der Waals surface area contributed by atoms with Crippen LogP contribution in [0.3, 0.4) is 0 Å². The number of nitrogens with zero attached hydrogens (tertiary/aromatic N) is 4. The Morgan fingerprint density at radius 2 is 1.90 bits per heavy atom. The molecule has 31 heavy (non-hydrogen) atoms. The Balaban J connectivity index is 1.39. The molecule has 0 unspecified atom stereocenters. The molecule has 2 heterocycles. The van der Waals surface area contributed by atoms with Crippen LogP contribution in [-0.4, -0.2) is 32.9 Å². The number of amides is 1. The van der Waals surface area contributed by atoms with Gasteiger partial charge in [0.2, 0.25) is 17.6 Å².